The molecule has 4 rings (SSSR count). The summed E-state index contributed by atoms with van der Waals surface area (Å²) in [7, 11) is 0. The van der Waals surface area contributed by atoms with E-state index in [1.807, 2.05) is 0 Å². The Hall–Kier alpha value is 0.359. The van der Waals surface area contributed by atoms with Crippen LogP contribution in [0.2, 0.25) is 0 Å². The van der Waals surface area contributed by atoms with E-state index in [1.165, 1.54) is 77.0 Å². The number of nitrogens with zero attached hydrogens (tertiary/aromatic N) is 4. The second kappa shape index (κ2) is 12.7. The van der Waals surface area contributed by atoms with E-state index >= 15 is 0 Å². The van der Waals surface area contributed by atoms with Gasteiger partial charge in [0.25, 0.3) is 0 Å². The van der Waals surface area contributed by atoms with Crippen LogP contribution >= 0.6 is 0 Å². The SMILES string of the molecule is C1CCC(C2CCCC[N-]2)[N-]C1.C1CCC(C2CCCC[N-]2)[N-]C1.[Cu+2]. The van der Waals surface area contributed by atoms with Crippen molar-refractivity contribution in [3.05, 3.63) is 21.3 Å². The molecular weight excluding hydrogens is 360 g/mol. The maximum Gasteiger partial charge on any atom is 2.00 e. The third kappa shape index (κ3) is 7.48. The molecule has 4 fully saturated rings. The Morgan fingerprint density at radius 1 is 0.360 bits per heavy atom. The van der Waals surface area contributed by atoms with Gasteiger partial charge in [0.1, 0.15) is 0 Å². The maximum absolute atomic E-state index is 4.66. The molecule has 4 saturated heterocycles. The van der Waals surface area contributed by atoms with Gasteiger partial charge in [-0.05, 0) is 0 Å². The van der Waals surface area contributed by atoms with Crippen LogP contribution in [0, 0.1) is 0 Å². The van der Waals surface area contributed by atoms with E-state index in [2.05, 4.69) is 21.3 Å². The smallest absolute Gasteiger partial charge is 0.661 e. The molecule has 0 spiro atoms. The summed E-state index contributed by atoms with van der Waals surface area (Å²) in [6.45, 7) is 4.38. The average molecular weight is 396 g/mol. The van der Waals surface area contributed by atoms with E-state index in [0.717, 1.165) is 26.2 Å². The third-order valence-electron chi connectivity index (χ3n) is 5.97. The normalized spacial score (nSPS) is 36.5. The maximum atomic E-state index is 4.66. The van der Waals surface area contributed by atoms with Crippen molar-refractivity contribution < 1.29 is 17.1 Å². The van der Waals surface area contributed by atoms with Gasteiger partial charge in [-0.15, -0.1) is 26.2 Å². The van der Waals surface area contributed by atoms with Crippen molar-refractivity contribution in [2.45, 2.75) is 101 Å². The van der Waals surface area contributed by atoms with Crippen LogP contribution in [-0.4, -0.2) is 50.3 Å². The summed E-state index contributed by atoms with van der Waals surface area (Å²) >= 11 is 0. The van der Waals surface area contributed by atoms with Gasteiger partial charge in [0, 0.05) is 0 Å². The molecule has 4 nitrogen and oxygen atoms in total. The van der Waals surface area contributed by atoms with Gasteiger partial charge in [0.05, 0.1) is 0 Å². The second-order valence-electron chi connectivity index (χ2n) is 7.88. The molecule has 0 amide bonds. The van der Waals surface area contributed by atoms with Crippen LogP contribution in [0.3, 0.4) is 0 Å². The Balaban J connectivity index is 0.000000173. The Kier molecular flexibility index (Phi) is 11.0. The number of hydrogen-bond acceptors (Lipinski definition) is 0. The van der Waals surface area contributed by atoms with Gasteiger partial charge in [-0.25, -0.2) is 0 Å². The van der Waals surface area contributed by atoms with E-state index < -0.39 is 0 Å². The van der Waals surface area contributed by atoms with Gasteiger partial charge < -0.3 is 21.3 Å². The monoisotopic (exact) mass is 395 g/mol. The molecule has 4 aliphatic heterocycles. The van der Waals surface area contributed by atoms with Crippen LogP contribution in [0.5, 0.6) is 0 Å². The van der Waals surface area contributed by atoms with Crippen molar-refractivity contribution in [2.75, 3.05) is 26.2 Å². The topological polar surface area (TPSA) is 56.4 Å². The standard InChI is InChI=1S/2C10H18N2.Cu/c2*1-3-7-11-9(5-1)10-6-2-4-8-12-10;/h2*9-10H,1-8H2;/q2*-2;+2. The Labute approximate surface area is 165 Å². The quantitative estimate of drug-likeness (QED) is 0.540. The van der Waals surface area contributed by atoms with Gasteiger partial charge in [0.15, 0.2) is 0 Å². The molecule has 0 saturated carbocycles. The first-order chi connectivity index (χ1) is 11.9. The zero-order valence-electron chi connectivity index (χ0n) is 15.7. The molecule has 0 N–H and O–H groups in total. The van der Waals surface area contributed by atoms with E-state index in [9.17, 15) is 0 Å². The van der Waals surface area contributed by atoms with Crippen molar-refractivity contribution in [3.8, 4) is 0 Å². The summed E-state index contributed by atoms with van der Waals surface area (Å²) in [4.78, 5) is 0. The molecule has 0 aromatic heterocycles. The molecular formula is C20H36CuN4-2. The molecule has 4 heterocycles. The van der Waals surface area contributed by atoms with E-state index in [-0.39, 0.29) is 17.1 Å². The minimum atomic E-state index is 0. The van der Waals surface area contributed by atoms with Crippen molar-refractivity contribution in [1.29, 1.82) is 0 Å². The third-order valence-corrected chi connectivity index (χ3v) is 5.97. The minimum absolute atomic E-state index is 0. The summed E-state index contributed by atoms with van der Waals surface area (Å²) in [6, 6.07) is 2.39. The van der Waals surface area contributed by atoms with Crippen LogP contribution < -0.4 is 0 Å². The van der Waals surface area contributed by atoms with E-state index in [1.54, 1.807) is 0 Å². The van der Waals surface area contributed by atoms with Gasteiger partial charge in [0.2, 0.25) is 0 Å². The molecule has 4 aliphatic rings. The zero-order valence-corrected chi connectivity index (χ0v) is 16.7. The second-order valence-corrected chi connectivity index (χ2v) is 7.88. The van der Waals surface area contributed by atoms with Crippen molar-refractivity contribution >= 4 is 0 Å². The molecule has 1 radical (unpaired) electrons. The summed E-state index contributed by atoms with van der Waals surface area (Å²) in [5.74, 6) is 0. The van der Waals surface area contributed by atoms with Crippen molar-refractivity contribution in [3.63, 3.8) is 0 Å². The largest absolute Gasteiger partial charge is 2.00 e. The molecule has 0 aromatic rings. The van der Waals surface area contributed by atoms with Crippen LogP contribution in [0.1, 0.15) is 77.0 Å². The Morgan fingerprint density at radius 2 is 0.600 bits per heavy atom. The van der Waals surface area contributed by atoms with Crippen LogP contribution in [0.25, 0.3) is 21.3 Å². The average Bonchev–Trinajstić information content (AvgIpc) is 2.71. The minimum Gasteiger partial charge on any atom is -0.661 e. The van der Waals surface area contributed by atoms with E-state index in [0.29, 0.717) is 24.2 Å². The molecule has 0 bridgehead atoms. The van der Waals surface area contributed by atoms with Gasteiger partial charge in [-0.2, -0.15) is 24.2 Å². The van der Waals surface area contributed by atoms with Gasteiger partial charge >= 0.3 is 17.1 Å². The Bertz CT molecular complexity index is 254. The zero-order chi connectivity index (χ0) is 16.5. The number of rotatable bonds is 2. The predicted octanol–water partition coefficient (Wildman–Crippen LogP) is 5.68. The molecule has 4 unspecified atom stereocenters. The number of piperidine rings is 4. The summed E-state index contributed by atoms with van der Waals surface area (Å²) < 4.78 is 0. The predicted molar refractivity (Wildman–Crippen MR) is 103 cm³/mol. The summed E-state index contributed by atoms with van der Waals surface area (Å²) in [5.41, 5.74) is 0. The first-order valence-electron chi connectivity index (χ1n) is 10.6. The molecule has 0 aliphatic carbocycles. The molecule has 5 heteroatoms. The van der Waals surface area contributed by atoms with Crippen molar-refractivity contribution in [1.82, 2.24) is 0 Å². The number of hydrogen-bond donors (Lipinski definition) is 0. The first-order valence-corrected chi connectivity index (χ1v) is 10.6. The fourth-order valence-electron chi connectivity index (χ4n) is 4.51. The van der Waals surface area contributed by atoms with Crippen LogP contribution in [-0.2, 0) is 17.1 Å². The van der Waals surface area contributed by atoms with Crippen LogP contribution in [0.15, 0.2) is 0 Å². The Morgan fingerprint density at radius 3 is 0.760 bits per heavy atom. The molecule has 149 valence electrons. The van der Waals surface area contributed by atoms with Crippen molar-refractivity contribution in [2.24, 2.45) is 0 Å². The summed E-state index contributed by atoms with van der Waals surface area (Å²) in [6.07, 6.45) is 15.9. The molecule has 0 aromatic carbocycles. The fourth-order valence-corrected chi connectivity index (χ4v) is 4.51. The summed E-state index contributed by atoms with van der Waals surface area (Å²) in [5, 5.41) is 18.6. The molecule has 4 atom stereocenters. The van der Waals surface area contributed by atoms with Gasteiger partial charge in [-0.3, -0.25) is 0 Å². The van der Waals surface area contributed by atoms with Gasteiger partial charge in [-0.1, -0.05) is 77.0 Å². The van der Waals surface area contributed by atoms with E-state index in [4.69, 9.17) is 0 Å². The first kappa shape index (κ1) is 21.7. The molecule has 25 heavy (non-hydrogen) atoms. The van der Waals surface area contributed by atoms with Crippen LogP contribution in [0.4, 0.5) is 0 Å². The fraction of sp³-hybridized carbons (Fsp3) is 1.00.